The average Bonchev–Trinajstić information content (AvgIpc) is 2.48. The molecule has 0 amide bonds. The number of aldehydes is 1. The van der Waals surface area contributed by atoms with E-state index in [4.69, 9.17) is 11.6 Å². The molecule has 58 valence electrons. The minimum absolute atomic E-state index is 0.577. The molecular weight excluding hydrogens is 164 g/mol. The first kappa shape index (κ1) is 8.01. The summed E-state index contributed by atoms with van der Waals surface area (Å²) in [6.45, 7) is 0.595. The van der Waals surface area contributed by atoms with E-state index in [2.05, 4.69) is 5.10 Å². The molecule has 0 fully saturated rings. The maximum Gasteiger partial charge on any atom is 0.153 e. The summed E-state index contributed by atoms with van der Waals surface area (Å²) in [5.74, 6) is 0. The number of carbonyl (C=O) groups excluding carboxylic acids is 1. The van der Waals surface area contributed by atoms with E-state index in [-0.39, 0.29) is 0 Å². The van der Waals surface area contributed by atoms with Gasteiger partial charge in [-0.05, 0) is 0 Å². The summed E-state index contributed by atoms with van der Waals surface area (Å²) < 4.78 is 1.63. The first-order valence-electron chi connectivity index (χ1n) is 3.09. The Morgan fingerprint density at radius 2 is 2.55 bits per heavy atom. The molecule has 0 atom stereocenters. The average molecular weight is 171 g/mol. The van der Waals surface area contributed by atoms with Gasteiger partial charge in [-0.2, -0.15) is 5.10 Å². The zero-order valence-corrected chi connectivity index (χ0v) is 6.53. The first-order chi connectivity index (χ1) is 5.36. The van der Waals surface area contributed by atoms with Crippen molar-refractivity contribution in [1.29, 1.82) is 0 Å². The van der Waals surface area contributed by atoms with E-state index in [9.17, 15) is 4.79 Å². The lowest BCUT2D eigenvalue weighted by Crippen LogP contribution is -1.93. The molecule has 11 heavy (non-hydrogen) atoms. The van der Waals surface area contributed by atoms with Crippen LogP contribution in [0.25, 0.3) is 0 Å². The maximum atomic E-state index is 10.2. The highest BCUT2D eigenvalue weighted by Crippen LogP contribution is 1.93. The van der Waals surface area contributed by atoms with Crippen LogP contribution in [0.2, 0.25) is 0 Å². The molecule has 0 N–H and O–H groups in total. The Balaban J connectivity index is 2.65. The highest BCUT2D eigenvalue weighted by Gasteiger charge is 1.92. The molecule has 0 aromatic carbocycles. The van der Waals surface area contributed by atoms with Gasteiger partial charge in [0.2, 0.25) is 0 Å². The Labute approximate surface area is 69.3 Å². The van der Waals surface area contributed by atoms with E-state index >= 15 is 0 Å². The van der Waals surface area contributed by atoms with Crippen LogP contribution in [0.3, 0.4) is 0 Å². The highest BCUT2D eigenvalue weighted by molar-refractivity contribution is 6.25. The Morgan fingerprint density at radius 3 is 3.09 bits per heavy atom. The van der Waals surface area contributed by atoms with Gasteiger partial charge in [-0.15, -0.1) is 0 Å². The van der Waals surface area contributed by atoms with E-state index in [0.29, 0.717) is 12.1 Å². The first-order valence-corrected chi connectivity index (χ1v) is 3.53. The molecule has 0 unspecified atom stereocenters. The third-order valence-electron chi connectivity index (χ3n) is 1.17. The Kier molecular flexibility index (Phi) is 2.86. The largest absolute Gasteiger partial charge is 0.298 e. The van der Waals surface area contributed by atoms with Gasteiger partial charge in [0.15, 0.2) is 6.29 Å². The number of carbonyl (C=O) groups is 1. The van der Waals surface area contributed by atoms with Gasteiger partial charge in [0.05, 0.1) is 18.3 Å². The van der Waals surface area contributed by atoms with Gasteiger partial charge >= 0.3 is 0 Å². The van der Waals surface area contributed by atoms with Gasteiger partial charge in [-0.3, -0.25) is 9.48 Å². The number of aromatic nitrogens is 2. The number of hydrogen-bond acceptors (Lipinski definition) is 2. The minimum atomic E-state index is 0.577. The zero-order chi connectivity index (χ0) is 8.10. The van der Waals surface area contributed by atoms with Gasteiger partial charge < -0.3 is 0 Å². The Morgan fingerprint density at radius 1 is 1.73 bits per heavy atom. The normalized spacial score (nSPS) is 10.6. The highest BCUT2D eigenvalue weighted by atomic mass is 35.5. The van der Waals surface area contributed by atoms with Crippen LogP contribution in [0.5, 0.6) is 0 Å². The van der Waals surface area contributed by atoms with Crippen LogP contribution in [-0.4, -0.2) is 16.1 Å². The molecule has 0 bridgehead atoms. The summed E-state index contributed by atoms with van der Waals surface area (Å²) in [5.41, 5.74) is 2.00. The lowest BCUT2D eigenvalue weighted by Gasteiger charge is -1.90. The molecule has 0 aliphatic carbocycles. The van der Waals surface area contributed by atoms with Crippen LogP contribution in [0.1, 0.15) is 10.4 Å². The lowest BCUT2D eigenvalue weighted by molar-refractivity contribution is 0.112. The second kappa shape index (κ2) is 3.93. The summed E-state index contributed by atoms with van der Waals surface area (Å²) >= 11 is 5.30. The van der Waals surface area contributed by atoms with Crippen molar-refractivity contribution < 1.29 is 4.79 Å². The van der Waals surface area contributed by atoms with Crippen LogP contribution in [0.4, 0.5) is 0 Å². The standard InChI is InChI=1S/C7H7ClN2O/c8-2-1-3-10-5-7(6-11)4-9-10/h1-2,4-6H,3H2. The summed E-state index contributed by atoms with van der Waals surface area (Å²) in [5, 5.41) is 3.90. The van der Waals surface area contributed by atoms with Crippen molar-refractivity contribution in [1.82, 2.24) is 9.78 Å². The van der Waals surface area contributed by atoms with Gasteiger partial charge in [-0.25, -0.2) is 0 Å². The minimum Gasteiger partial charge on any atom is -0.298 e. The predicted octanol–water partition coefficient (Wildman–Crippen LogP) is 1.45. The fourth-order valence-corrected chi connectivity index (χ4v) is 0.768. The van der Waals surface area contributed by atoms with Crippen LogP contribution in [0.15, 0.2) is 24.0 Å². The van der Waals surface area contributed by atoms with Gasteiger partial charge in [0, 0.05) is 11.7 Å². The van der Waals surface area contributed by atoms with E-state index < -0.39 is 0 Å². The van der Waals surface area contributed by atoms with Gasteiger partial charge in [-0.1, -0.05) is 17.7 Å². The monoisotopic (exact) mass is 170 g/mol. The van der Waals surface area contributed by atoms with Gasteiger partial charge in [0.1, 0.15) is 0 Å². The van der Waals surface area contributed by atoms with Crippen molar-refractivity contribution in [2.75, 3.05) is 0 Å². The molecule has 1 aromatic heterocycles. The number of halogens is 1. The van der Waals surface area contributed by atoms with Crippen molar-refractivity contribution >= 4 is 17.9 Å². The van der Waals surface area contributed by atoms with E-state index in [0.717, 1.165) is 6.29 Å². The zero-order valence-electron chi connectivity index (χ0n) is 5.77. The molecule has 1 rings (SSSR count). The molecule has 0 radical (unpaired) electrons. The van der Waals surface area contributed by atoms with Crippen LogP contribution >= 0.6 is 11.6 Å². The third kappa shape index (κ3) is 2.20. The topological polar surface area (TPSA) is 34.9 Å². The second-order valence-corrected chi connectivity index (χ2v) is 2.23. The fourth-order valence-electron chi connectivity index (χ4n) is 0.688. The van der Waals surface area contributed by atoms with Crippen LogP contribution in [0, 0.1) is 0 Å². The van der Waals surface area contributed by atoms with Crippen molar-refractivity contribution in [3.63, 3.8) is 0 Å². The van der Waals surface area contributed by atoms with E-state index in [1.807, 2.05) is 0 Å². The predicted molar refractivity (Wildman–Crippen MR) is 42.6 cm³/mol. The molecule has 0 aliphatic heterocycles. The van der Waals surface area contributed by atoms with Crippen molar-refractivity contribution in [2.45, 2.75) is 6.54 Å². The lowest BCUT2D eigenvalue weighted by atomic mass is 10.4. The Hall–Kier alpha value is -1.09. The molecule has 0 spiro atoms. The van der Waals surface area contributed by atoms with Crippen LogP contribution in [-0.2, 0) is 6.54 Å². The number of nitrogens with zero attached hydrogens (tertiary/aromatic N) is 2. The third-order valence-corrected chi connectivity index (χ3v) is 1.35. The Bertz CT molecular complexity index is 267. The molecule has 0 saturated heterocycles. The number of hydrogen-bond donors (Lipinski definition) is 0. The molecule has 1 aromatic rings. The molecule has 0 aliphatic rings. The molecule has 3 nitrogen and oxygen atoms in total. The maximum absolute atomic E-state index is 10.2. The smallest absolute Gasteiger partial charge is 0.153 e. The van der Waals surface area contributed by atoms with Crippen molar-refractivity contribution in [3.8, 4) is 0 Å². The summed E-state index contributed by atoms with van der Waals surface area (Å²) in [4.78, 5) is 10.2. The number of rotatable bonds is 3. The second-order valence-electron chi connectivity index (χ2n) is 1.98. The van der Waals surface area contributed by atoms with Crippen molar-refractivity contribution in [2.24, 2.45) is 0 Å². The van der Waals surface area contributed by atoms with Crippen LogP contribution < -0.4 is 0 Å². The summed E-state index contributed by atoms with van der Waals surface area (Å²) in [6, 6.07) is 0. The molecular formula is C7H7ClN2O. The van der Waals surface area contributed by atoms with E-state index in [1.165, 1.54) is 11.7 Å². The quantitative estimate of drug-likeness (QED) is 0.644. The molecule has 0 saturated carbocycles. The summed E-state index contributed by atoms with van der Waals surface area (Å²) in [6.07, 6.45) is 5.66. The fraction of sp³-hybridized carbons (Fsp3) is 0.143. The SMILES string of the molecule is O=Cc1cnn(CC=CCl)c1. The molecule has 1 heterocycles. The summed E-state index contributed by atoms with van der Waals surface area (Å²) in [7, 11) is 0. The van der Waals surface area contributed by atoms with Gasteiger partial charge in [0.25, 0.3) is 0 Å². The number of allylic oxidation sites excluding steroid dienone is 1. The van der Waals surface area contributed by atoms with Crippen molar-refractivity contribution in [3.05, 3.63) is 29.6 Å². The molecule has 4 heteroatoms. The van der Waals surface area contributed by atoms with E-state index in [1.54, 1.807) is 17.0 Å².